The van der Waals surface area contributed by atoms with Gasteiger partial charge in [-0.15, -0.1) is 0 Å². The number of carboxylic acid groups (broad SMARTS) is 1. The number of carbonyl (C=O) groups is 1. The number of sulfone groups is 1. The summed E-state index contributed by atoms with van der Waals surface area (Å²) < 4.78 is 23.4. The molecule has 110 valence electrons. The molecule has 0 saturated carbocycles. The van der Waals surface area contributed by atoms with Gasteiger partial charge < -0.3 is 10.4 Å². The fourth-order valence-corrected chi connectivity index (χ4v) is 4.31. The quantitative estimate of drug-likeness (QED) is 0.819. The summed E-state index contributed by atoms with van der Waals surface area (Å²) in [7, 11) is -2.98. The number of nitrogens with one attached hydrogen (secondary N) is 1. The first-order chi connectivity index (χ1) is 9.50. The molecule has 2 N–H and O–H groups in total. The molecule has 5 nitrogen and oxygen atoms in total. The lowest BCUT2D eigenvalue weighted by Gasteiger charge is -2.16. The molecule has 6 heteroatoms. The van der Waals surface area contributed by atoms with Crippen molar-refractivity contribution in [3.8, 4) is 0 Å². The second-order valence-electron chi connectivity index (χ2n) is 5.09. The highest BCUT2D eigenvalue weighted by atomic mass is 32.2. The minimum Gasteiger partial charge on any atom is -0.481 e. The van der Waals surface area contributed by atoms with Gasteiger partial charge in [-0.05, 0) is 18.4 Å². The molecule has 1 aliphatic rings. The van der Waals surface area contributed by atoms with Crippen LogP contribution in [0, 0.1) is 0 Å². The van der Waals surface area contributed by atoms with E-state index in [1.807, 2.05) is 6.07 Å². The molecule has 1 heterocycles. The van der Waals surface area contributed by atoms with Crippen LogP contribution in [0.5, 0.6) is 0 Å². The molecule has 1 fully saturated rings. The van der Waals surface area contributed by atoms with Crippen LogP contribution in [0.15, 0.2) is 30.3 Å². The molecule has 2 rings (SSSR count). The molecule has 0 amide bonds. The second kappa shape index (κ2) is 6.37. The molecule has 0 bridgehead atoms. The summed E-state index contributed by atoms with van der Waals surface area (Å²) in [6.07, 6.45) is 1.37. The van der Waals surface area contributed by atoms with Gasteiger partial charge in [-0.2, -0.15) is 0 Å². The van der Waals surface area contributed by atoms with E-state index >= 15 is 0 Å². The van der Waals surface area contributed by atoms with E-state index in [0.29, 0.717) is 19.4 Å². The van der Waals surface area contributed by atoms with Gasteiger partial charge in [0.2, 0.25) is 0 Å². The van der Waals surface area contributed by atoms with E-state index in [1.54, 1.807) is 24.3 Å². The number of carboxylic acids is 1. The van der Waals surface area contributed by atoms with E-state index in [1.165, 1.54) is 0 Å². The number of rotatable bonds is 6. The average molecular weight is 297 g/mol. The fraction of sp³-hybridized carbons (Fsp3) is 0.500. The van der Waals surface area contributed by atoms with Gasteiger partial charge in [0.15, 0.2) is 9.84 Å². The Morgan fingerprint density at radius 2 is 2.05 bits per heavy atom. The number of benzene rings is 1. The Bertz CT molecular complexity index is 556. The molecule has 0 spiro atoms. The van der Waals surface area contributed by atoms with Crippen molar-refractivity contribution in [2.75, 3.05) is 18.8 Å². The van der Waals surface area contributed by atoms with Gasteiger partial charge >= 0.3 is 5.97 Å². The minimum absolute atomic E-state index is 0.241. The van der Waals surface area contributed by atoms with E-state index in [9.17, 15) is 18.3 Å². The molecule has 1 aliphatic heterocycles. The highest BCUT2D eigenvalue weighted by molar-refractivity contribution is 7.92. The molecule has 2 unspecified atom stereocenters. The van der Waals surface area contributed by atoms with Crippen molar-refractivity contribution in [1.29, 1.82) is 0 Å². The largest absolute Gasteiger partial charge is 0.481 e. The lowest BCUT2D eigenvalue weighted by molar-refractivity contribution is -0.138. The van der Waals surface area contributed by atoms with Crippen molar-refractivity contribution in [2.45, 2.75) is 24.0 Å². The molecule has 2 atom stereocenters. The van der Waals surface area contributed by atoms with Crippen molar-refractivity contribution in [3.05, 3.63) is 35.9 Å². The van der Waals surface area contributed by atoms with Crippen LogP contribution in [-0.4, -0.2) is 43.6 Å². The third-order valence-electron chi connectivity index (χ3n) is 3.68. The molecule has 1 aromatic rings. The minimum atomic E-state index is -2.98. The zero-order chi connectivity index (χ0) is 14.6. The highest BCUT2D eigenvalue weighted by Gasteiger charge is 2.31. The Hall–Kier alpha value is -1.40. The predicted molar refractivity (Wildman–Crippen MR) is 76.5 cm³/mol. The van der Waals surface area contributed by atoms with Gasteiger partial charge in [0.05, 0.1) is 16.9 Å². The molecule has 20 heavy (non-hydrogen) atoms. The van der Waals surface area contributed by atoms with Crippen LogP contribution in [-0.2, 0) is 14.6 Å². The number of aliphatic carboxylic acids is 1. The van der Waals surface area contributed by atoms with Crippen LogP contribution in [0.3, 0.4) is 0 Å². The zero-order valence-electron chi connectivity index (χ0n) is 11.2. The van der Waals surface area contributed by atoms with E-state index in [2.05, 4.69) is 5.32 Å². The van der Waals surface area contributed by atoms with Crippen molar-refractivity contribution in [2.24, 2.45) is 0 Å². The maximum absolute atomic E-state index is 11.7. The zero-order valence-corrected chi connectivity index (χ0v) is 12.0. The van der Waals surface area contributed by atoms with Crippen LogP contribution < -0.4 is 5.32 Å². The molecular formula is C14H19NO4S. The van der Waals surface area contributed by atoms with Gasteiger partial charge in [0.25, 0.3) is 0 Å². The first-order valence-corrected chi connectivity index (χ1v) is 8.42. The Balaban J connectivity index is 1.92. The molecule has 0 radical (unpaired) electrons. The summed E-state index contributed by atoms with van der Waals surface area (Å²) in [5.74, 6) is -1.31. The highest BCUT2D eigenvalue weighted by Crippen LogP contribution is 2.20. The predicted octanol–water partition coefficient (Wildman–Crippen LogP) is 1.02. The van der Waals surface area contributed by atoms with Gasteiger partial charge in [-0.1, -0.05) is 30.3 Å². The maximum atomic E-state index is 11.7. The van der Waals surface area contributed by atoms with Crippen molar-refractivity contribution >= 4 is 15.8 Å². The summed E-state index contributed by atoms with van der Waals surface area (Å²) in [4.78, 5) is 11.3. The van der Waals surface area contributed by atoms with Gasteiger partial charge in [-0.25, -0.2) is 8.42 Å². The van der Waals surface area contributed by atoms with E-state index in [4.69, 9.17) is 0 Å². The summed E-state index contributed by atoms with van der Waals surface area (Å²) in [6, 6.07) is 8.97. The lowest BCUT2D eigenvalue weighted by atomic mass is 9.99. The third-order valence-corrected chi connectivity index (χ3v) is 5.96. The topological polar surface area (TPSA) is 83.5 Å². The van der Waals surface area contributed by atoms with Crippen LogP contribution in [0.4, 0.5) is 0 Å². The smallest absolute Gasteiger partial charge is 0.312 e. The molecule has 0 aromatic heterocycles. The van der Waals surface area contributed by atoms with Gasteiger partial charge in [0, 0.05) is 13.1 Å². The standard InChI is InChI=1S/C14H19NO4S/c16-14(17)13(11-5-2-1-3-6-11)10-15-9-12-7-4-8-20(12,18)19/h1-3,5-6,12-13,15H,4,7-10H2,(H,16,17). The van der Waals surface area contributed by atoms with E-state index in [-0.39, 0.29) is 17.5 Å². The molecular weight excluding hydrogens is 278 g/mol. The fourth-order valence-electron chi connectivity index (χ4n) is 2.51. The Kier molecular flexibility index (Phi) is 4.77. The molecule has 1 saturated heterocycles. The number of hydrogen-bond donors (Lipinski definition) is 2. The van der Waals surface area contributed by atoms with Crippen molar-refractivity contribution in [3.63, 3.8) is 0 Å². The third kappa shape index (κ3) is 3.58. The first kappa shape index (κ1) is 15.0. The van der Waals surface area contributed by atoms with E-state index in [0.717, 1.165) is 5.56 Å². The second-order valence-corrected chi connectivity index (χ2v) is 7.49. The lowest BCUT2D eigenvalue weighted by Crippen LogP contribution is -2.34. The van der Waals surface area contributed by atoms with Crippen LogP contribution in [0.2, 0.25) is 0 Å². The van der Waals surface area contributed by atoms with Crippen LogP contribution >= 0.6 is 0 Å². The summed E-state index contributed by atoms with van der Waals surface area (Å²) >= 11 is 0. The van der Waals surface area contributed by atoms with E-state index < -0.39 is 21.7 Å². The first-order valence-electron chi connectivity index (χ1n) is 6.71. The Morgan fingerprint density at radius 3 is 2.60 bits per heavy atom. The monoisotopic (exact) mass is 297 g/mol. The van der Waals surface area contributed by atoms with Gasteiger partial charge in [-0.3, -0.25) is 4.79 Å². The molecule has 1 aromatic carbocycles. The SMILES string of the molecule is O=C(O)C(CNCC1CCCS1(=O)=O)c1ccccc1. The van der Waals surface area contributed by atoms with Crippen LogP contribution in [0.1, 0.15) is 24.3 Å². The average Bonchev–Trinajstić information content (AvgIpc) is 2.74. The summed E-state index contributed by atoms with van der Waals surface area (Å²) in [5, 5.41) is 11.9. The normalized spacial score (nSPS) is 22.5. The van der Waals surface area contributed by atoms with Crippen molar-refractivity contribution in [1.82, 2.24) is 5.32 Å². The van der Waals surface area contributed by atoms with Crippen LogP contribution in [0.25, 0.3) is 0 Å². The Morgan fingerprint density at radius 1 is 1.35 bits per heavy atom. The Labute approximate surface area is 118 Å². The van der Waals surface area contributed by atoms with Gasteiger partial charge in [0.1, 0.15) is 0 Å². The van der Waals surface area contributed by atoms with Crippen molar-refractivity contribution < 1.29 is 18.3 Å². The summed E-state index contributed by atoms with van der Waals surface area (Å²) in [5.41, 5.74) is 0.724. The number of hydrogen-bond acceptors (Lipinski definition) is 4. The molecule has 0 aliphatic carbocycles. The maximum Gasteiger partial charge on any atom is 0.312 e. The summed E-state index contributed by atoms with van der Waals surface area (Å²) in [6.45, 7) is 0.574.